The van der Waals surface area contributed by atoms with E-state index >= 15 is 0 Å². The Morgan fingerprint density at radius 2 is 2.06 bits per heavy atom. The lowest BCUT2D eigenvalue weighted by atomic mass is 10.1. The van der Waals surface area contributed by atoms with Gasteiger partial charge in [0.15, 0.2) is 0 Å². The van der Waals surface area contributed by atoms with Crippen LogP contribution in [0.2, 0.25) is 0 Å². The van der Waals surface area contributed by atoms with Crippen molar-refractivity contribution in [3.05, 3.63) is 21.4 Å². The number of aromatic carboxylic acids is 1. The molecule has 18 heavy (non-hydrogen) atoms. The normalized spacial score (nSPS) is 17.6. The van der Waals surface area contributed by atoms with Crippen LogP contribution in [0.15, 0.2) is 6.07 Å². The second kappa shape index (κ2) is 6.34. The average molecular weight is 267 g/mol. The quantitative estimate of drug-likeness (QED) is 0.820. The van der Waals surface area contributed by atoms with Gasteiger partial charge in [-0.25, -0.2) is 4.79 Å². The van der Waals surface area contributed by atoms with Gasteiger partial charge in [0.2, 0.25) is 0 Å². The van der Waals surface area contributed by atoms with Crippen molar-refractivity contribution < 1.29 is 9.90 Å². The van der Waals surface area contributed by atoms with Gasteiger partial charge in [-0.05, 0) is 31.4 Å². The molecule has 1 aromatic heterocycles. The summed E-state index contributed by atoms with van der Waals surface area (Å²) in [5.74, 6) is -0.816. The fourth-order valence-corrected chi connectivity index (χ4v) is 3.42. The molecule has 1 aliphatic carbocycles. The van der Waals surface area contributed by atoms with Gasteiger partial charge in [-0.1, -0.05) is 25.7 Å². The van der Waals surface area contributed by atoms with Crippen molar-refractivity contribution >= 4 is 17.3 Å². The van der Waals surface area contributed by atoms with E-state index in [4.69, 9.17) is 5.11 Å². The summed E-state index contributed by atoms with van der Waals surface area (Å²) >= 11 is 1.37. The molecule has 1 fully saturated rings. The summed E-state index contributed by atoms with van der Waals surface area (Å²) < 4.78 is 0. The topological polar surface area (TPSA) is 49.3 Å². The van der Waals surface area contributed by atoms with Crippen molar-refractivity contribution in [2.24, 2.45) is 0 Å². The average Bonchev–Trinajstić information content (AvgIpc) is 2.56. The summed E-state index contributed by atoms with van der Waals surface area (Å²) in [4.78, 5) is 12.5. The number of carbonyl (C=O) groups is 1. The maximum Gasteiger partial charge on any atom is 0.345 e. The number of rotatable bonds is 4. The highest BCUT2D eigenvalue weighted by atomic mass is 32.1. The first-order valence-electron chi connectivity index (χ1n) is 6.73. The minimum atomic E-state index is -0.816. The van der Waals surface area contributed by atoms with E-state index in [1.807, 2.05) is 13.0 Å². The second-order valence-electron chi connectivity index (χ2n) is 5.07. The molecule has 0 aliphatic heterocycles. The molecule has 2 rings (SSSR count). The van der Waals surface area contributed by atoms with Crippen LogP contribution in [0, 0.1) is 6.92 Å². The Morgan fingerprint density at radius 1 is 1.39 bits per heavy atom. The van der Waals surface area contributed by atoms with Gasteiger partial charge in [-0.15, -0.1) is 11.3 Å². The molecular formula is C14H21NO2S. The van der Waals surface area contributed by atoms with Crippen LogP contribution >= 0.6 is 11.3 Å². The van der Waals surface area contributed by atoms with Crippen molar-refractivity contribution in [1.82, 2.24) is 5.32 Å². The Bertz CT molecular complexity index is 406. The molecule has 1 saturated carbocycles. The lowest BCUT2D eigenvalue weighted by Gasteiger charge is -2.15. The molecule has 1 aliphatic rings. The molecule has 3 nitrogen and oxygen atoms in total. The van der Waals surface area contributed by atoms with Gasteiger partial charge in [-0.3, -0.25) is 0 Å². The van der Waals surface area contributed by atoms with Crippen LogP contribution in [0.3, 0.4) is 0 Å². The first-order valence-corrected chi connectivity index (χ1v) is 7.54. The third-order valence-corrected chi connectivity index (χ3v) is 4.75. The van der Waals surface area contributed by atoms with E-state index in [9.17, 15) is 4.79 Å². The van der Waals surface area contributed by atoms with Gasteiger partial charge >= 0.3 is 5.97 Å². The number of hydrogen-bond acceptors (Lipinski definition) is 3. The van der Waals surface area contributed by atoms with Crippen LogP contribution in [0.4, 0.5) is 0 Å². The lowest BCUT2D eigenvalue weighted by Crippen LogP contribution is -2.27. The van der Waals surface area contributed by atoms with E-state index in [2.05, 4.69) is 5.32 Å². The molecule has 0 aromatic carbocycles. The molecule has 0 atom stereocenters. The Hall–Kier alpha value is -0.870. The molecule has 0 unspecified atom stereocenters. The molecule has 0 bridgehead atoms. The summed E-state index contributed by atoms with van der Waals surface area (Å²) in [5.41, 5.74) is 1.14. The van der Waals surface area contributed by atoms with Crippen LogP contribution in [0.25, 0.3) is 0 Å². The Morgan fingerprint density at radius 3 is 2.61 bits per heavy atom. The van der Waals surface area contributed by atoms with Crippen LogP contribution in [0.1, 0.15) is 58.6 Å². The number of hydrogen-bond donors (Lipinski definition) is 2. The summed E-state index contributed by atoms with van der Waals surface area (Å²) in [6.07, 6.45) is 7.88. The fourth-order valence-electron chi connectivity index (χ4n) is 2.54. The summed E-state index contributed by atoms with van der Waals surface area (Å²) in [6.45, 7) is 2.81. The van der Waals surface area contributed by atoms with Crippen LogP contribution in [0.5, 0.6) is 0 Å². The zero-order valence-electron chi connectivity index (χ0n) is 10.9. The van der Waals surface area contributed by atoms with Crippen molar-refractivity contribution in [3.8, 4) is 0 Å². The van der Waals surface area contributed by atoms with E-state index < -0.39 is 5.97 Å². The van der Waals surface area contributed by atoms with Gasteiger partial charge in [0, 0.05) is 17.5 Å². The number of aryl methyl sites for hydroxylation is 1. The monoisotopic (exact) mass is 267 g/mol. The molecule has 0 spiro atoms. The summed E-state index contributed by atoms with van der Waals surface area (Å²) in [5, 5.41) is 12.6. The van der Waals surface area contributed by atoms with Gasteiger partial charge in [0.1, 0.15) is 4.88 Å². The Balaban J connectivity index is 1.90. The number of nitrogens with one attached hydrogen (secondary N) is 1. The van der Waals surface area contributed by atoms with Crippen LogP contribution in [-0.4, -0.2) is 17.1 Å². The third kappa shape index (κ3) is 3.56. The highest BCUT2D eigenvalue weighted by Crippen LogP contribution is 2.23. The molecule has 0 saturated heterocycles. The predicted octanol–water partition coefficient (Wildman–Crippen LogP) is 3.57. The van der Waals surface area contributed by atoms with Crippen molar-refractivity contribution in [1.29, 1.82) is 0 Å². The minimum Gasteiger partial charge on any atom is -0.477 e. The van der Waals surface area contributed by atoms with Crippen molar-refractivity contribution in [2.45, 2.75) is 58.0 Å². The zero-order valence-corrected chi connectivity index (χ0v) is 11.7. The Labute approximate surface area is 112 Å². The lowest BCUT2D eigenvalue weighted by molar-refractivity contribution is 0.0702. The zero-order chi connectivity index (χ0) is 13.0. The predicted molar refractivity (Wildman–Crippen MR) is 74.3 cm³/mol. The first-order chi connectivity index (χ1) is 8.66. The highest BCUT2D eigenvalue weighted by molar-refractivity contribution is 7.14. The molecule has 0 radical (unpaired) electrons. The minimum absolute atomic E-state index is 0.449. The number of thiophene rings is 1. The smallest absolute Gasteiger partial charge is 0.345 e. The van der Waals surface area contributed by atoms with Gasteiger partial charge < -0.3 is 10.4 Å². The fraction of sp³-hybridized carbons (Fsp3) is 0.643. The van der Waals surface area contributed by atoms with Gasteiger partial charge in [0.25, 0.3) is 0 Å². The van der Waals surface area contributed by atoms with E-state index in [0.717, 1.165) is 17.0 Å². The maximum absolute atomic E-state index is 10.9. The molecule has 1 aromatic rings. The van der Waals surface area contributed by atoms with Gasteiger partial charge in [-0.2, -0.15) is 0 Å². The van der Waals surface area contributed by atoms with E-state index in [1.54, 1.807) is 0 Å². The van der Waals surface area contributed by atoms with Crippen molar-refractivity contribution in [3.63, 3.8) is 0 Å². The maximum atomic E-state index is 10.9. The molecule has 4 heteroatoms. The molecule has 0 amide bonds. The van der Waals surface area contributed by atoms with Crippen LogP contribution < -0.4 is 5.32 Å². The number of carboxylic acids is 1. The SMILES string of the molecule is Cc1sc(C(=O)O)cc1CNC1CCCCCC1. The second-order valence-corrected chi connectivity index (χ2v) is 6.32. The number of carboxylic acid groups (broad SMARTS) is 1. The molecule has 2 N–H and O–H groups in total. The van der Waals surface area contributed by atoms with E-state index in [-0.39, 0.29) is 0 Å². The standard InChI is InChI=1S/C14H21NO2S/c1-10-11(8-13(18-10)14(16)17)9-15-12-6-4-2-3-5-7-12/h8,12,15H,2-7,9H2,1H3,(H,16,17). The summed E-state index contributed by atoms with van der Waals surface area (Å²) in [7, 11) is 0. The van der Waals surface area contributed by atoms with Crippen molar-refractivity contribution in [2.75, 3.05) is 0 Å². The van der Waals surface area contributed by atoms with E-state index in [1.165, 1.54) is 49.9 Å². The molecular weight excluding hydrogens is 246 g/mol. The molecule has 1 heterocycles. The molecule has 100 valence electrons. The summed E-state index contributed by atoms with van der Waals surface area (Å²) in [6, 6.07) is 2.42. The van der Waals surface area contributed by atoms with E-state index in [0.29, 0.717) is 10.9 Å². The third-order valence-electron chi connectivity index (χ3n) is 3.67. The largest absolute Gasteiger partial charge is 0.477 e. The highest BCUT2D eigenvalue weighted by Gasteiger charge is 2.14. The Kier molecular flexibility index (Phi) is 4.78. The first kappa shape index (κ1) is 13.6. The van der Waals surface area contributed by atoms with Gasteiger partial charge in [0.05, 0.1) is 0 Å². The van der Waals surface area contributed by atoms with Crippen LogP contribution in [-0.2, 0) is 6.54 Å².